The van der Waals surface area contributed by atoms with E-state index in [0.29, 0.717) is 31.5 Å². The van der Waals surface area contributed by atoms with Crippen LogP contribution in [-0.2, 0) is 14.3 Å². The molecule has 3 aromatic carbocycles. The minimum Gasteiger partial charge on any atom is -0.465 e. The monoisotopic (exact) mass is 675 g/mol. The number of amides is 2. The molecule has 3 aliphatic rings. The third kappa shape index (κ3) is 6.14. The molecule has 0 radical (unpaired) electrons. The first-order chi connectivity index (χ1) is 24.2. The Morgan fingerprint density at radius 2 is 1.50 bits per heavy atom. The summed E-state index contributed by atoms with van der Waals surface area (Å²) in [6, 6.07) is 20.3. The van der Waals surface area contributed by atoms with E-state index in [4.69, 9.17) is 14.5 Å². The molecule has 3 saturated heterocycles. The Morgan fingerprint density at radius 3 is 2.18 bits per heavy atom. The fourth-order valence-corrected chi connectivity index (χ4v) is 7.51. The SMILES string of the molecule is CC(C)[C@H](NC(=O)O)C(=O)N1CC2(C[C@H]1c1ncc(-c3ccc4cc(-c5ccc(-c6cnc([C@@H]7CCCN7)[nH]6)cc5)ccc4c3)[nH]1)OCCO2. The molecule has 12 heteroatoms. The number of carbonyl (C=O) groups excluding carboxylic acids is 1. The largest absolute Gasteiger partial charge is 0.465 e. The van der Waals surface area contributed by atoms with Gasteiger partial charge in [0.15, 0.2) is 5.79 Å². The Hall–Kier alpha value is -5.04. The average molecular weight is 676 g/mol. The van der Waals surface area contributed by atoms with Gasteiger partial charge in [-0.25, -0.2) is 14.8 Å². The highest BCUT2D eigenvalue weighted by atomic mass is 16.7. The quantitative estimate of drug-likeness (QED) is 0.134. The van der Waals surface area contributed by atoms with Crippen molar-refractivity contribution in [1.82, 2.24) is 35.5 Å². The van der Waals surface area contributed by atoms with Gasteiger partial charge in [0.1, 0.15) is 17.7 Å². The van der Waals surface area contributed by atoms with Crippen LogP contribution < -0.4 is 10.6 Å². The molecule has 12 nitrogen and oxygen atoms in total. The van der Waals surface area contributed by atoms with Crippen molar-refractivity contribution >= 4 is 22.8 Å². The van der Waals surface area contributed by atoms with Crippen LogP contribution in [0.3, 0.4) is 0 Å². The van der Waals surface area contributed by atoms with E-state index >= 15 is 0 Å². The van der Waals surface area contributed by atoms with Gasteiger partial charge in [-0.2, -0.15) is 0 Å². The summed E-state index contributed by atoms with van der Waals surface area (Å²) in [7, 11) is 0. The zero-order chi connectivity index (χ0) is 34.4. The Morgan fingerprint density at radius 1 is 0.880 bits per heavy atom. The van der Waals surface area contributed by atoms with E-state index in [0.717, 1.165) is 63.2 Å². The minimum atomic E-state index is -1.24. The molecule has 5 aromatic rings. The van der Waals surface area contributed by atoms with E-state index in [1.165, 1.54) is 6.42 Å². The number of H-pyrrole nitrogens is 2. The number of nitrogens with one attached hydrogen (secondary N) is 4. The zero-order valence-electron chi connectivity index (χ0n) is 28.1. The molecule has 0 saturated carbocycles. The van der Waals surface area contributed by atoms with Gasteiger partial charge in [-0.3, -0.25) is 4.79 Å². The van der Waals surface area contributed by atoms with Crippen LogP contribution in [0, 0.1) is 5.92 Å². The van der Waals surface area contributed by atoms with Gasteiger partial charge < -0.3 is 40.1 Å². The van der Waals surface area contributed by atoms with Gasteiger partial charge in [-0.15, -0.1) is 0 Å². The third-order valence-corrected chi connectivity index (χ3v) is 10.2. The first-order valence-electron chi connectivity index (χ1n) is 17.3. The van der Waals surface area contributed by atoms with Crippen LogP contribution in [-0.4, -0.2) is 80.1 Å². The normalized spacial score (nSPS) is 20.7. The molecule has 5 N–H and O–H groups in total. The van der Waals surface area contributed by atoms with Gasteiger partial charge in [-0.1, -0.05) is 62.4 Å². The first-order valence-corrected chi connectivity index (χ1v) is 17.3. The number of carboxylic acid groups (broad SMARTS) is 1. The number of carbonyl (C=O) groups is 2. The summed E-state index contributed by atoms with van der Waals surface area (Å²) in [5.41, 5.74) is 6.18. The number of ether oxygens (including phenoxy) is 2. The highest BCUT2D eigenvalue weighted by Gasteiger charge is 2.52. The van der Waals surface area contributed by atoms with E-state index in [1.807, 2.05) is 20.0 Å². The van der Waals surface area contributed by atoms with Crippen molar-refractivity contribution in [2.75, 3.05) is 26.3 Å². The van der Waals surface area contributed by atoms with Gasteiger partial charge in [0, 0.05) is 12.0 Å². The summed E-state index contributed by atoms with van der Waals surface area (Å²) in [5.74, 6) is 0.0889. The van der Waals surface area contributed by atoms with Crippen LogP contribution in [0.2, 0.25) is 0 Å². The second-order valence-corrected chi connectivity index (χ2v) is 13.8. The maximum atomic E-state index is 13.8. The molecule has 3 fully saturated rings. The van der Waals surface area contributed by atoms with Crippen molar-refractivity contribution < 1.29 is 24.2 Å². The number of nitrogens with zero attached hydrogens (tertiary/aromatic N) is 3. The van der Waals surface area contributed by atoms with Gasteiger partial charge in [-0.05, 0) is 64.9 Å². The summed E-state index contributed by atoms with van der Waals surface area (Å²) >= 11 is 0. The topological polar surface area (TPSA) is 157 Å². The molecule has 0 unspecified atom stereocenters. The van der Waals surface area contributed by atoms with Crippen LogP contribution in [0.4, 0.5) is 4.79 Å². The Labute approximate surface area is 289 Å². The molecule has 5 heterocycles. The highest BCUT2D eigenvalue weighted by Crippen LogP contribution is 2.43. The van der Waals surface area contributed by atoms with E-state index < -0.39 is 24.0 Å². The lowest BCUT2D eigenvalue weighted by Gasteiger charge is -2.29. The maximum absolute atomic E-state index is 13.8. The highest BCUT2D eigenvalue weighted by molar-refractivity contribution is 5.91. The lowest BCUT2D eigenvalue weighted by molar-refractivity contribution is -0.153. The second-order valence-electron chi connectivity index (χ2n) is 13.8. The number of aromatic nitrogens is 4. The number of rotatable bonds is 8. The van der Waals surface area contributed by atoms with Crippen LogP contribution in [0.1, 0.15) is 56.8 Å². The third-order valence-electron chi connectivity index (χ3n) is 10.2. The molecule has 258 valence electrons. The van der Waals surface area contributed by atoms with Gasteiger partial charge >= 0.3 is 6.09 Å². The number of likely N-dealkylation sites (tertiary alicyclic amines) is 1. The molecule has 2 aromatic heterocycles. The van der Waals surface area contributed by atoms with Gasteiger partial charge in [0.05, 0.1) is 55.6 Å². The molecule has 1 spiro atoms. The Bertz CT molecular complexity index is 2020. The van der Waals surface area contributed by atoms with Crippen molar-refractivity contribution in [3.05, 3.63) is 84.7 Å². The van der Waals surface area contributed by atoms with E-state index in [9.17, 15) is 14.7 Å². The van der Waals surface area contributed by atoms with Crippen molar-refractivity contribution in [3.8, 4) is 33.6 Å². The summed E-state index contributed by atoms with van der Waals surface area (Å²) in [6.45, 7) is 5.74. The van der Waals surface area contributed by atoms with Crippen molar-refractivity contribution in [2.45, 2.75) is 57.0 Å². The maximum Gasteiger partial charge on any atom is 0.405 e. The molecule has 0 bridgehead atoms. The Kier molecular flexibility index (Phi) is 8.38. The smallest absolute Gasteiger partial charge is 0.405 e. The van der Waals surface area contributed by atoms with Crippen molar-refractivity contribution in [2.24, 2.45) is 5.92 Å². The molecule has 2 amide bonds. The van der Waals surface area contributed by atoms with Crippen LogP contribution in [0.15, 0.2) is 73.1 Å². The summed E-state index contributed by atoms with van der Waals surface area (Å²) < 4.78 is 12.0. The number of benzene rings is 3. The van der Waals surface area contributed by atoms with Crippen molar-refractivity contribution in [1.29, 1.82) is 0 Å². The molecule has 8 rings (SSSR count). The molecule has 3 aliphatic heterocycles. The molecular weight excluding hydrogens is 634 g/mol. The minimum absolute atomic E-state index is 0.195. The molecule has 3 atom stereocenters. The van der Waals surface area contributed by atoms with Crippen molar-refractivity contribution in [3.63, 3.8) is 0 Å². The predicted molar refractivity (Wildman–Crippen MR) is 188 cm³/mol. The average Bonchev–Trinajstić information content (AvgIpc) is 3.97. The molecule has 50 heavy (non-hydrogen) atoms. The lowest BCUT2D eigenvalue weighted by Crippen LogP contribution is -2.51. The second kappa shape index (κ2) is 13.0. The predicted octanol–water partition coefficient (Wildman–Crippen LogP) is 6.02. The van der Waals surface area contributed by atoms with Gasteiger partial charge in [0.25, 0.3) is 0 Å². The fraction of sp³-hybridized carbons (Fsp3) is 0.368. The Balaban J connectivity index is 1.01. The first kappa shape index (κ1) is 32.2. The zero-order valence-corrected chi connectivity index (χ0v) is 28.1. The molecular formula is C38H41N7O5. The van der Waals surface area contributed by atoms with Crippen LogP contribution >= 0.6 is 0 Å². The fourth-order valence-electron chi connectivity index (χ4n) is 7.51. The number of aromatic amines is 2. The lowest BCUT2D eigenvalue weighted by atomic mass is 9.98. The van der Waals surface area contributed by atoms with E-state index in [1.54, 1.807) is 11.1 Å². The van der Waals surface area contributed by atoms with E-state index in [2.05, 4.69) is 86.2 Å². The van der Waals surface area contributed by atoms with E-state index in [-0.39, 0.29) is 18.4 Å². The summed E-state index contributed by atoms with van der Waals surface area (Å²) in [6.07, 6.45) is 5.14. The standard InChI is InChI=1S/C38H41N7O5/c1-22(2)33(44-37(47)48)36(46)45-21-38(49-14-15-50-38)18-32(45)35-41-20-31(43-35)28-12-11-26-16-25(9-10-27(26)17-28)23-5-7-24(8-6-23)30-19-40-34(42-30)29-4-3-13-39-29/h5-12,16-17,19-20,22,29,32-33,39,44H,3-4,13-15,18,21H2,1-2H3,(H,40,42)(H,41,43)(H,47,48)/t29-,32-,33-/m0/s1. The number of hydrogen-bond acceptors (Lipinski definition) is 7. The molecule has 0 aliphatic carbocycles. The number of fused-ring (bicyclic) bond motifs is 1. The summed E-state index contributed by atoms with van der Waals surface area (Å²) in [4.78, 5) is 43.2. The number of imidazole rings is 2. The van der Waals surface area contributed by atoms with Gasteiger partial charge in [0.2, 0.25) is 5.91 Å². The van der Waals surface area contributed by atoms with Crippen LogP contribution in [0.25, 0.3) is 44.4 Å². The van der Waals surface area contributed by atoms with Crippen LogP contribution in [0.5, 0.6) is 0 Å². The number of hydrogen-bond donors (Lipinski definition) is 5. The summed E-state index contributed by atoms with van der Waals surface area (Å²) in [5, 5.41) is 17.5.